The van der Waals surface area contributed by atoms with Gasteiger partial charge in [0.2, 0.25) is 0 Å². The standard InChI is InChI=1S/C22H18N6O8S2.Na/c23-22-24-12(8-38-22)16(18(31)25-17-19(32)28-13(21(33)34)3-4-37-20(17)28)27-35-7-10-6-11(26-36-10)9-1-2-14(29)15(30)5-9;/h1-3,5-6,8,17,20,29-30H,4,7H2,(H2,23,24)(H,25,31)(H,33,34);/q;+1/p-1/b27-16+;/t17-,20-;/m1./s1. The number of hydrogen-bond donors (Lipinski definition) is 4. The van der Waals surface area contributed by atoms with Crippen LogP contribution in [0.15, 0.2) is 51.1 Å². The summed E-state index contributed by atoms with van der Waals surface area (Å²) in [6, 6.07) is 4.46. The van der Waals surface area contributed by atoms with E-state index in [9.17, 15) is 29.7 Å². The van der Waals surface area contributed by atoms with Gasteiger partial charge in [0.05, 0.1) is 0 Å². The number of aromatic nitrogens is 2. The third-order valence-corrected chi connectivity index (χ3v) is 7.37. The molecule has 2 aromatic heterocycles. The molecule has 0 aliphatic carbocycles. The number of thioether (sulfide) groups is 1. The van der Waals surface area contributed by atoms with Gasteiger partial charge >= 0.3 is 35.5 Å². The van der Waals surface area contributed by atoms with Crippen LogP contribution in [0.1, 0.15) is 11.5 Å². The number of benzene rings is 1. The van der Waals surface area contributed by atoms with Gasteiger partial charge in [-0.2, -0.15) is 0 Å². The van der Waals surface area contributed by atoms with E-state index in [1.165, 1.54) is 47.5 Å². The van der Waals surface area contributed by atoms with E-state index in [0.717, 1.165) is 16.2 Å². The van der Waals surface area contributed by atoms with E-state index in [-0.39, 0.29) is 64.2 Å². The second-order valence-electron chi connectivity index (χ2n) is 7.92. The molecule has 196 valence electrons. The Bertz CT molecular complexity index is 1500. The van der Waals surface area contributed by atoms with E-state index < -0.39 is 40.7 Å². The van der Waals surface area contributed by atoms with Crippen LogP contribution in [-0.2, 0) is 25.8 Å². The minimum absolute atomic E-state index is 0. The van der Waals surface area contributed by atoms with Crippen molar-refractivity contribution in [3.8, 4) is 22.8 Å². The molecule has 17 heteroatoms. The van der Waals surface area contributed by atoms with E-state index in [0.29, 0.717) is 17.0 Å². The van der Waals surface area contributed by atoms with Crippen LogP contribution in [0.4, 0.5) is 5.13 Å². The molecule has 1 saturated heterocycles. The number of β-lactam (4-membered cyclic amide) rings is 1. The van der Waals surface area contributed by atoms with Gasteiger partial charge in [0.15, 0.2) is 23.2 Å². The second-order valence-corrected chi connectivity index (χ2v) is 9.96. The van der Waals surface area contributed by atoms with Gasteiger partial charge in [0.1, 0.15) is 34.3 Å². The number of thiazole rings is 1. The Kier molecular flexibility index (Phi) is 8.51. The van der Waals surface area contributed by atoms with Crippen molar-refractivity contribution in [3.63, 3.8) is 0 Å². The first-order valence-corrected chi connectivity index (χ1v) is 12.7. The Morgan fingerprint density at radius 2 is 2.15 bits per heavy atom. The number of carbonyl (C=O) groups is 3. The first-order valence-electron chi connectivity index (χ1n) is 10.8. The summed E-state index contributed by atoms with van der Waals surface area (Å²) in [5.74, 6) is -2.92. The SMILES string of the molecule is Nc1nc(/C(=N\OCc2cc(-c3ccc([O-])c(O)c3)no2)C(=O)N[C@@H]2C(=O)N3C(C(=O)O)=CCS[C@H]23)cs1.[Na+]. The molecule has 0 unspecified atom stereocenters. The molecule has 1 aromatic carbocycles. The predicted octanol–water partition coefficient (Wildman–Crippen LogP) is -2.55. The van der Waals surface area contributed by atoms with Crippen molar-refractivity contribution >= 4 is 51.7 Å². The smallest absolute Gasteiger partial charge is 0.870 e. The number of anilines is 1. The number of nitrogens with one attached hydrogen (secondary N) is 1. The Hall–Kier alpha value is -3.57. The zero-order valence-electron chi connectivity index (χ0n) is 20.1. The summed E-state index contributed by atoms with van der Waals surface area (Å²) in [5, 5.41) is 41.7. The molecule has 39 heavy (non-hydrogen) atoms. The fourth-order valence-corrected chi connectivity index (χ4v) is 5.45. The van der Waals surface area contributed by atoms with Crippen LogP contribution in [0.3, 0.4) is 0 Å². The number of phenolic OH excluding ortho intramolecular Hbond substituents is 1. The quantitative estimate of drug-likeness (QED) is 0.0938. The third-order valence-electron chi connectivity index (χ3n) is 5.51. The summed E-state index contributed by atoms with van der Waals surface area (Å²) in [7, 11) is 0. The minimum atomic E-state index is -1.23. The molecule has 1 fully saturated rings. The van der Waals surface area contributed by atoms with Crippen LogP contribution in [0, 0.1) is 0 Å². The molecule has 5 rings (SSSR count). The van der Waals surface area contributed by atoms with Gasteiger partial charge in [-0.05, 0) is 12.1 Å². The molecular weight excluding hydrogens is 563 g/mol. The van der Waals surface area contributed by atoms with Crippen LogP contribution in [0.5, 0.6) is 11.5 Å². The van der Waals surface area contributed by atoms with E-state index >= 15 is 0 Å². The largest absolute Gasteiger partial charge is 1.00 e. The number of aliphatic carboxylic acids is 1. The van der Waals surface area contributed by atoms with Gasteiger partial charge in [-0.25, -0.2) is 9.78 Å². The summed E-state index contributed by atoms with van der Waals surface area (Å²) in [6.07, 6.45) is 1.44. The summed E-state index contributed by atoms with van der Waals surface area (Å²) in [4.78, 5) is 47.6. The number of nitrogens with two attached hydrogens (primary N) is 1. The van der Waals surface area contributed by atoms with Crippen LogP contribution in [0.2, 0.25) is 0 Å². The first kappa shape index (κ1) is 28.4. The number of fused-ring (bicyclic) bond motifs is 1. The number of amides is 2. The van der Waals surface area contributed by atoms with E-state index in [2.05, 4.69) is 20.6 Å². The van der Waals surface area contributed by atoms with Crippen molar-refractivity contribution in [1.29, 1.82) is 0 Å². The van der Waals surface area contributed by atoms with Crippen molar-refractivity contribution in [3.05, 3.63) is 52.9 Å². The first-order chi connectivity index (χ1) is 18.2. The van der Waals surface area contributed by atoms with Gasteiger partial charge in [-0.1, -0.05) is 28.2 Å². The second kappa shape index (κ2) is 11.7. The maximum absolute atomic E-state index is 13.1. The number of aromatic hydroxyl groups is 1. The molecule has 5 N–H and O–H groups in total. The zero-order chi connectivity index (χ0) is 27.0. The minimum Gasteiger partial charge on any atom is -0.870 e. The molecular formula is C22H17N6NaO8S2. The van der Waals surface area contributed by atoms with Gasteiger partial charge in [-0.3, -0.25) is 14.5 Å². The molecule has 2 atom stereocenters. The average Bonchev–Trinajstić information content (AvgIpc) is 3.55. The zero-order valence-corrected chi connectivity index (χ0v) is 23.7. The maximum Gasteiger partial charge on any atom is 1.00 e. The fraction of sp³-hybridized carbons (Fsp3) is 0.182. The van der Waals surface area contributed by atoms with Gasteiger partial charge < -0.3 is 35.7 Å². The molecule has 4 heterocycles. The van der Waals surface area contributed by atoms with Crippen LogP contribution < -0.4 is 45.7 Å². The summed E-state index contributed by atoms with van der Waals surface area (Å²) in [6.45, 7) is -0.240. The van der Waals surface area contributed by atoms with E-state index in [1.807, 2.05) is 0 Å². The molecule has 2 aliphatic rings. The van der Waals surface area contributed by atoms with Crippen molar-refractivity contribution in [1.82, 2.24) is 20.4 Å². The number of hydrogen-bond acceptors (Lipinski definition) is 13. The summed E-state index contributed by atoms with van der Waals surface area (Å²) in [5.41, 5.74) is 6.21. The number of carboxylic acid groups (broad SMARTS) is 1. The topological polar surface area (TPSA) is 217 Å². The number of oxime groups is 1. The Balaban J connectivity index is 0.00000353. The van der Waals surface area contributed by atoms with E-state index in [1.54, 1.807) is 0 Å². The molecule has 0 saturated carbocycles. The third kappa shape index (κ3) is 5.74. The normalized spacial score (nSPS) is 18.4. The molecule has 0 radical (unpaired) electrons. The molecule has 0 spiro atoms. The summed E-state index contributed by atoms with van der Waals surface area (Å²) < 4.78 is 5.19. The molecule has 3 aromatic rings. The number of nitrogen functional groups attached to an aromatic ring is 1. The fourth-order valence-electron chi connectivity index (χ4n) is 3.70. The van der Waals surface area contributed by atoms with Crippen LogP contribution in [0.25, 0.3) is 11.3 Å². The predicted molar refractivity (Wildman–Crippen MR) is 132 cm³/mol. The average molecular weight is 581 g/mol. The number of carbonyl (C=O) groups excluding carboxylic acids is 2. The Morgan fingerprint density at radius 3 is 2.85 bits per heavy atom. The van der Waals surface area contributed by atoms with Gasteiger partial charge in [0, 0.05) is 22.8 Å². The molecule has 14 nitrogen and oxygen atoms in total. The van der Waals surface area contributed by atoms with Gasteiger partial charge in [0.25, 0.3) is 11.8 Å². The Labute approximate surface area is 249 Å². The number of rotatable bonds is 8. The number of phenols is 1. The molecule has 2 aliphatic heterocycles. The number of carboxylic acids is 1. The molecule has 0 bridgehead atoms. The van der Waals surface area contributed by atoms with Crippen LogP contribution >= 0.6 is 23.1 Å². The Morgan fingerprint density at radius 1 is 1.36 bits per heavy atom. The van der Waals surface area contributed by atoms with Crippen molar-refractivity contribution in [2.75, 3.05) is 11.5 Å². The monoisotopic (exact) mass is 580 g/mol. The van der Waals surface area contributed by atoms with Gasteiger partial charge in [-0.15, -0.1) is 23.1 Å². The maximum atomic E-state index is 13.1. The van der Waals surface area contributed by atoms with E-state index in [4.69, 9.17) is 15.1 Å². The van der Waals surface area contributed by atoms with Crippen molar-refractivity contribution in [2.45, 2.75) is 18.0 Å². The van der Waals surface area contributed by atoms with Crippen LogP contribution in [-0.4, -0.2) is 65.9 Å². The number of nitrogens with zero attached hydrogens (tertiary/aromatic N) is 4. The van der Waals surface area contributed by atoms with Crippen molar-refractivity contribution < 1.29 is 68.6 Å². The molecule has 2 amide bonds. The summed E-state index contributed by atoms with van der Waals surface area (Å²) >= 11 is 2.38. The van der Waals surface area contributed by atoms with Crippen molar-refractivity contribution in [2.24, 2.45) is 5.16 Å².